The Morgan fingerprint density at radius 2 is 2.09 bits per heavy atom. The van der Waals surface area contributed by atoms with Crippen LogP contribution in [0.3, 0.4) is 0 Å². The molecule has 9 heteroatoms. The van der Waals surface area contributed by atoms with Gasteiger partial charge in [0.2, 0.25) is 15.9 Å². The molecule has 1 saturated heterocycles. The minimum absolute atomic E-state index is 0.0167. The molecule has 0 aromatic heterocycles. The van der Waals surface area contributed by atoms with Crippen molar-refractivity contribution in [2.24, 2.45) is 0 Å². The largest absolute Gasteiger partial charge is 0.480 e. The molecule has 1 heterocycles. The van der Waals surface area contributed by atoms with Gasteiger partial charge in [0.25, 0.3) is 0 Å². The number of carboxylic acid groups (broad SMARTS) is 1. The topological polar surface area (TPSA) is 113 Å². The van der Waals surface area contributed by atoms with Gasteiger partial charge in [-0.3, -0.25) is 4.79 Å². The fraction of sp³-hybridized carbons (Fsp3) is 0.846. The van der Waals surface area contributed by atoms with Crippen LogP contribution in [0, 0.1) is 0 Å². The first-order valence-electron chi connectivity index (χ1n) is 7.35. The molecule has 8 nitrogen and oxygen atoms in total. The van der Waals surface area contributed by atoms with Crippen molar-refractivity contribution in [3.8, 4) is 0 Å². The molecule has 0 aromatic rings. The third kappa shape index (κ3) is 4.92. The van der Waals surface area contributed by atoms with E-state index in [0.717, 1.165) is 6.42 Å². The average Bonchev–Trinajstić information content (AvgIpc) is 2.46. The van der Waals surface area contributed by atoms with Crippen LogP contribution in [0.2, 0.25) is 0 Å². The van der Waals surface area contributed by atoms with Crippen LogP contribution in [0.1, 0.15) is 32.6 Å². The summed E-state index contributed by atoms with van der Waals surface area (Å²) in [4.78, 5) is 23.4. The van der Waals surface area contributed by atoms with Gasteiger partial charge in [0.05, 0.1) is 12.4 Å². The number of hydrogen-bond donors (Lipinski definition) is 2. The summed E-state index contributed by atoms with van der Waals surface area (Å²) < 4.78 is 30.5. The van der Waals surface area contributed by atoms with Gasteiger partial charge in [-0.1, -0.05) is 13.3 Å². The molecule has 0 aromatic carbocycles. The number of carbonyl (C=O) groups is 2. The zero-order chi connectivity index (χ0) is 16.8. The van der Waals surface area contributed by atoms with E-state index in [9.17, 15) is 18.0 Å². The molecule has 1 aliphatic heterocycles. The maximum atomic E-state index is 12.3. The first-order chi connectivity index (χ1) is 10.3. The number of carboxylic acids is 1. The molecular weight excluding hydrogens is 312 g/mol. The van der Waals surface area contributed by atoms with Crippen LogP contribution in [0.5, 0.6) is 0 Å². The van der Waals surface area contributed by atoms with Crippen molar-refractivity contribution >= 4 is 21.9 Å². The number of aliphatic carboxylic acids is 1. The van der Waals surface area contributed by atoms with Crippen molar-refractivity contribution < 1.29 is 27.9 Å². The molecule has 1 aliphatic rings. The Morgan fingerprint density at radius 1 is 1.41 bits per heavy atom. The Bertz CT molecular complexity index is 493. The molecule has 0 radical (unpaired) electrons. The van der Waals surface area contributed by atoms with E-state index in [1.807, 2.05) is 0 Å². The normalized spacial score (nSPS) is 21.3. The predicted octanol–water partition coefficient (Wildman–Crippen LogP) is -0.203. The fourth-order valence-corrected chi connectivity index (χ4v) is 4.23. The Balaban J connectivity index is 2.85. The molecule has 2 N–H and O–H groups in total. The molecule has 1 fully saturated rings. The number of nitrogens with zero attached hydrogens (tertiary/aromatic N) is 1. The number of rotatable bonds is 8. The molecule has 1 amide bonds. The lowest BCUT2D eigenvalue weighted by Crippen LogP contribution is -2.56. The number of amides is 1. The van der Waals surface area contributed by atoms with Gasteiger partial charge in [-0.2, -0.15) is 4.31 Å². The minimum atomic E-state index is -3.50. The Morgan fingerprint density at radius 3 is 2.64 bits per heavy atom. The Hall–Kier alpha value is -1.19. The average molecular weight is 336 g/mol. The third-order valence-electron chi connectivity index (χ3n) is 3.52. The second-order valence-electron chi connectivity index (χ2n) is 5.29. The Kier molecular flexibility index (Phi) is 7.24. The summed E-state index contributed by atoms with van der Waals surface area (Å²) in [6, 6.07) is -2.03. The van der Waals surface area contributed by atoms with Gasteiger partial charge in [-0.25, -0.2) is 13.2 Å². The Labute approximate surface area is 130 Å². The second-order valence-corrected chi connectivity index (χ2v) is 7.33. The van der Waals surface area contributed by atoms with E-state index >= 15 is 0 Å². The van der Waals surface area contributed by atoms with Gasteiger partial charge in [-0.05, 0) is 19.3 Å². The second kappa shape index (κ2) is 8.44. The monoisotopic (exact) mass is 336 g/mol. The van der Waals surface area contributed by atoms with E-state index in [1.54, 1.807) is 6.92 Å². The van der Waals surface area contributed by atoms with Gasteiger partial charge in [0.1, 0.15) is 6.04 Å². The smallest absolute Gasteiger partial charge is 0.328 e. The first kappa shape index (κ1) is 18.9. The fourth-order valence-electron chi connectivity index (χ4n) is 2.48. The maximum absolute atomic E-state index is 12.3. The lowest BCUT2D eigenvalue weighted by Gasteiger charge is -2.34. The van der Waals surface area contributed by atoms with Crippen LogP contribution in [-0.4, -0.2) is 67.8 Å². The van der Waals surface area contributed by atoms with E-state index < -0.39 is 34.0 Å². The molecule has 2 atom stereocenters. The van der Waals surface area contributed by atoms with Gasteiger partial charge in [0, 0.05) is 13.7 Å². The van der Waals surface area contributed by atoms with Crippen LogP contribution in [0.25, 0.3) is 0 Å². The van der Waals surface area contributed by atoms with E-state index in [4.69, 9.17) is 9.84 Å². The van der Waals surface area contributed by atoms with Crippen molar-refractivity contribution in [1.82, 2.24) is 9.62 Å². The number of ether oxygens (including phenoxy) is 1. The summed E-state index contributed by atoms with van der Waals surface area (Å²) in [5, 5.41) is 11.4. The summed E-state index contributed by atoms with van der Waals surface area (Å²) in [6.07, 6.45) is 2.30. The quantitative estimate of drug-likeness (QED) is 0.634. The van der Waals surface area contributed by atoms with Crippen LogP contribution < -0.4 is 5.32 Å². The van der Waals surface area contributed by atoms with Crippen LogP contribution >= 0.6 is 0 Å². The highest BCUT2D eigenvalue weighted by Crippen LogP contribution is 2.21. The maximum Gasteiger partial charge on any atom is 0.328 e. The highest BCUT2D eigenvalue weighted by Gasteiger charge is 2.37. The van der Waals surface area contributed by atoms with Gasteiger partial charge < -0.3 is 15.2 Å². The van der Waals surface area contributed by atoms with Crippen molar-refractivity contribution in [1.29, 1.82) is 0 Å². The van der Waals surface area contributed by atoms with Gasteiger partial charge >= 0.3 is 5.97 Å². The van der Waals surface area contributed by atoms with Crippen LogP contribution in [0.15, 0.2) is 0 Å². The molecule has 0 saturated carbocycles. The summed E-state index contributed by atoms with van der Waals surface area (Å²) in [5.74, 6) is -1.81. The standard InChI is InChI=1S/C13H24N2O6S/c1-3-8-22(19,20)15-7-5-4-6-11(15)12(16)14-10(9-21-2)13(17)18/h10-11H,3-9H2,1-2H3,(H,14,16)(H,17,18). The lowest BCUT2D eigenvalue weighted by atomic mass is 10.0. The molecular formula is C13H24N2O6S. The predicted molar refractivity (Wildman–Crippen MR) is 79.9 cm³/mol. The molecule has 128 valence electrons. The molecule has 0 aliphatic carbocycles. The lowest BCUT2D eigenvalue weighted by molar-refractivity contribution is -0.144. The SMILES string of the molecule is CCCS(=O)(=O)N1CCCCC1C(=O)NC(COC)C(=O)O. The van der Waals surface area contributed by atoms with E-state index in [2.05, 4.69) is 5.32 Å². The molecule has 22 heavy (non-hydrogen) atoms. The number of piperidine rings is 1. The van der Waals surface area contributed by atoms with Crippen LogP contribution in [-0.2, 0) is 24.3 Å². The molecule has 0 bridgehead atoms. The van der Waals surface area contributed by atoms with E-state index in [0.29, 0.717) is 25.8 Å². The van der Waals surface area contributed by atoms with Crippen molar-refractivity contribution in [2.75, 3.05) is 26.0 Å². The number of carbonyl (C=O) groups excluding carboxylic acids is 1. The van der Waals surface area contributed by atoms with E-state index in [1.165, 1.54) is 11.4 Å². The molecule has 0 spiro atoms. The number of sulfonamides is 1. The van der Waals surface area contributed by atoms with E-state index in [-0.39, 0.29) is 12.4 Å². The molecule has 2 unspecified atom stereocenters. The highest BCUT2D eigenvalue weighted by atomic mass is 32.2. The number of hydrogen-bond acceptors (Lipinski definition) is 5. The number of nitrogens with one attached hydrogen (secondary N) is 1. The first-order valence-corrected chi connectivity index (χ1v) is 8.96. The van der Waals surface area contributed by atoms with Crippen molar-refractivity contribution in [3.05, 3.63) is 0 Å². The zero-order valence-electron chi connectivity index (χ0n) is 12.9. The summed E-state index contributed by atoms with van der Waals surface area (Å²) in [5.41, 5.74) is 0. The minimum Gasteiger partial charge on any atom is -0.480 e. The van der Waals surface area contributed by atoms with Crippen molar-refractivity contribution in [3.63, 3.8) is 0 Å². The summed E-state index contributed by atoms with van der Waals surface area (Å²) in [6.45, 7) is 1.88. The summed E-state index contributed by atoms with van der Waals surface area (Å²) >= 11 is 0. The van der Waals surface area contributed by atoms with Gasteiger partial charge in [-0.15, -0.1) is 0 Å². The highest BCUT2D eigenvalue weighted by molar-refractivity contribution is 7.89. The summed E-state index contributed by atoms with van der Waals surface area (Å²) in [7, 11) is -2.17. The van der Waals surface area contributed by atoms with Crippen molar-refractivity contribution in [2.45, 2.75) is 44.7 Å². The number of methoxy groups -OCH3 is 1. The zero-order valence-corrected chi connectivity index (χ0v) is 13.8. The van der Waals surface area contributed by atoms with Gasteiger partial charge in [0.15, 0.2) is 6.04 Å². The molecule has 1 rings (SSSR count). The van der Waals surface area contributed by atoms with Crippen LogP contribution in [0.4, 0.5) is 0 Å². The third-order valence-corrected chi connectivity index (χ3v) is 5.60.